The third kappa shape index (κ3) is 2.68. The minimum Gasteiger partial charge on any atom is -0.455 e. The molecule has 82 valence electrons. The van der Waals surface area contributed by atoms with Gasteiger partial charge >= 0.3 is 5.97 Å². The summed E-state index contributed by atoms with van der Waals surface area (Å²) in [6.45, 7) is 4.84. The second-order valence-electron chi connectivity index (χ2n) is 3.99. The Bertz CT molecular complexity index is 332. The summed E-state index contributed by atoms with van der Waals surface area (Å²) in [4.78, 5) is 11.2. The molecule has 1 rings (SSSR count). The molecule has 0 amide bonds. The number of carbonyl (C=O) groups excluding carboxylic acids is 1. The van der Waals surface area contributed by atoms with Gasteiger partial charge in [-0.1, -0.05) is 13.8 Å². The van der Waals surface area contributed by atoms with Crippen molar-refractivity contribution < 1.29 is 22.1 Å². The molecule has 1 saturated heterocycles. The van der Waals surface area contributed by atoms with Crippen LogP contribution in [0, 0.1) is 5.92 Å². The summed E-state index contributed by atoms with van der Waals surface area (Å²) in [6, 6.07) is 0. The van der Waals surface area contributed by atoms with Crippen molar-refractivity contribution in [2.45, 2.75) is 26.4 Å². The summed E-state index contributed by atoms with van der Waals surface area (Å²) in [5, 5.41) is 0. The van der Waals surface area contributed by atoms with E-state index in [1.54, 1.807) is 20.8 Å². The first-order valence-corrected chi connectivity index (χ1v) is 5.92. The highest BCUT2D eigenvalue weighted by atomic mass is 32.2. The summed E-state index contributed by atoms with van der Waals surface area (Å²) >= 11 is 0. The van der Waals surface area contributed by atoms with Gasteiger partial charge in [0.2, 0.25) is 0 Å². The number of hydrogen-bond acceptors (Lipinski definition) is 5. The highest BCUT2D eigenvalue weighted by Gasteiger charge is 2.43. The standard InChI is InChI=1S/C8H14O5S/c1-6(2)7(9)13-8(3)4-12-14(10,11)5-8/h6H,4-5H2,1-3H3. The minimum atomic E-state index is -3.50. The van der Waals surface area contributed by atoms with Crippen LogP contribution in [0.2, 0.25) is 0 Å². The van der Waals surface area contributed by atoms with Crippen molar-refractivity contribution in [3.05, 3.63) is 0 Å². The van der Waals surface area contributed by atoms with Crippen LogP contribution in [-0.4, -0.2) is 32.3 Å². The van der Waals surface area contributed by atoms with E-state index in [4.69, 9.17) is 4.74 Å². The molecule has 0 radical (unpaired) electrons. The van der Waals surface area contributed by atoms with Crippen molar-refractivity contribution in [1.29, 1.82) is 0 Å². The van der Waals surface area contributed by atoms with Gasteiger partial charge < -0.3 is 4.74 Å². The molecule has 0 bridgehead atoms. The Kier molecular flexibility index (Phi) is 2.87. The van der Waals surface area contributed by atoms with E-state index in [0.717, 1.165) is 0 Å². The SMILES string of the molecule is CC(C)C(=O)OC1(C)COS(=O)(=O)C1. The molecule has 1 atom stereocenters. The zero-order valence-corrected chi connectivity index (χ0v) is 9.26. The van der Waals surface area contributed by atoms with Gasteiger partial charge in [0.15, 0.2) is 5.60 Å². The van der Waals surface area contributed by atoms with Crippen LogP contribution in [0.1, 0.15) is 20.8 Å². The summed E-state index contributed by atoms with van der Waals surface area (Å²) in [5.74, 6) is -0.943. The summed E-state index contributed by atoms with van der Waals surface area (Å²) in [7, 11) is -3.50. The van der Waals surface area contributed by atoms with Crippen molar-refractivity contribution in [2.75, 3.05) is 12.4 Å². The fourth-order valence-electron chi connectivity index (χ4n) is 1.09. The Balaban J connectivity index is 2.66. The van der Waals surface area contributed by atoms with E-state index < -0.39 is 21.7 Å². The van der Waals surface area contributed by atoms with E-state index in [1.165, 1.54) is 0 Å². The number of esters is 1. The molecule has 0 aromatic carbocycles. The van der Waals surface area contributed by atoms with E-state index in [0.29, 0.717) is 0 Å². The molecule has 6 heteroatoms. The molecule has 0 aromatic rings. The Labute approximate surface area is 83.5 Å². The minimum absolute atomic E-state index is 0.0895. The molecule has 1 heterocycles. The van der Waals surface area contributed by atoms with Crippen LogP contribution in [0.4, 0.5) is 0 Å². The van der Waals surface area contributed by atoms with Crippen LogP contribution in [0.5, 0.6) is 0 Å². The lowest BCUT2D eigenvalue weighted by Gasteiger charge is -2.21. The summed E-state index contributed by atoms with van der Waals surface area (Å²) in [6.07, 6.45) is 0. The predicted molar refractivity (Wildman–Crippen MR) is 49.1 cm³/mol. The number of ether oxygens (including phenoxy) is 1. The fourth-order valence-corrected chi connectivity index (χ4v) is 2.49. The smallest absolute Gasteiger partial charge is 0.309 e. The van der Waals surface area contributed by atoms with Gasteiger partial charge in [0.05, 0.1) is 5.92 Å². The molecular formula is C8H14O5S. The highest BCUT2D eigenvalue weighted by Crippen LogP contribution is 2.24. The first kappa shape index (κ1) is 11.5. The third-order valence-corrected chi connectivity index (χ3v) is 3.29. The van der Waals surface area contributed by atoms with E-state index in [1.807, 2.05) is 0 Å². The lowest BCUT2D eigenvalue weighted by molar-refractivity contribution is -0.160. The molecule has 0 saturated carbocycles. The lowest BCUT2D eigenvalue weighted by Crippen LogP contribution is -2.37. The molecular weight excluding hydrogens is 208 g/mol. The number of rotatable bonds is 2. The monoisotopic (exact) mass is 222 g/mol. The molecule has 0 N–H and O–H groups in total. The van der Waals surface area contributed by atoms with E-state index in [2.05, 4.69) is 4.18 Å². The van der Waals surface area contributed by atoms with Gasteiger partial charge in [0, 0.05) is 0 Å². The Hall–Kier alpha value is -0.620. The van der Waals surface area contributed by atoms with Crippen molar-refractivity contribution >= 4 is 16.1 Å². The zero-order chi connectivity index (χ0) is 11.0. The average Bonchev–Trinajstić information content (AvgIpc) is 2.25. The quantitative estimate of drug-likeness (QED) is 0.496. The number of carbonyl (C=O) groups is 1. The van der Waals surface area contributed by atoms with Crippen molar-refractivity contribution in [2.24, 2.45) is 5.92 Å². The molecule has 1 aliphatic heterocycles. The van der Waals surface area contributed by atoms with Gasteiger partial charge in [-0.3, -0.25) is 8.98 Å². The molecule has 0 aliphatic carbocycles. The van der Waals surface area contributed by atoms with Gasteiger partial charge in [0.1, 0.15) is 12.4 Å². The fraction of sp³-hybridized carbons (Fsp3) is 0.875. The van der Waals surface area contributed by atoms with Crippen molar-refractivity contribution in [3.63, 3.8) is 0 Å². The van der Waals surface area contributed by atoms with Crippen LogP contribution in [0.25, 0.3) is 0 Å². The normalized spacial score (nSPS) is 30.6. The molecule has 1 unspecified atom stereocenters. The first-order chi connectivity index (χ1) is 6.24. The predicted octanol–water partition coefficient (Wildman–Crippen LogP) is 0.304. The maximum Gasteiger partial charge on any atom is 0.309 e. The van der Waals surface area contributed by atoms with Crippen LogP contribution in [0.15, 0.2) is 0 Å². The Morgan fingerprint density at radius 1 is 1.50 bits per heavy atom. The zero-order valence-electron chi connectivity index (χ0n) is 8.44. The van der Waals surface area contributed by atoms with E-state index in [9.17, 15) is 13.2 Å². The van der Waals surface area contributed by atoms with Crippen molar-refractivity contribution in [3.8, 4) is 0 Å². The van der Waals surface area contributed by atoms with Crippen LogP contribution < -0.4 is 0 Å². The van der Waals surface area contributed by atoms with Gasteiger partial charge in [-0.2, -0.15) is 8.42 Å². The van der Waals surface area contributed by atoms with Gasteiger partial charge in [-0.15, -0.1) is 0 Å². The molecule has 14 heavy (non-hydrogen) atoms. The van der Waals surface area contributed by atoms with E-state index in [-0.39, 0.29) is 18.3 Å². The van der Waals surface area contributed by atoms with Crippen LogP contribution in [0.3, 0.4) is 0 Å². The molecule has 5 nitrogen and oxygen atoms in total. The summed E-state index contributed by atoms with van der Waals surface area (Å²) < 4.78 is 31.6. The summed E-state index contributed by atoms with van der Waals surface area (Å²) in [5.41, 5.74) is -1.03. The third-order valence-electron chi connectivity index (χ3n) is 1.84. The maximum atomic E-state index is 11.2. The lowest BCUT2D eigenvalue weighted by atomic mass is 10.1. The molecule has 1 aliphatic rings. The highest BCUT2D eigenvalue weighted by molar-refractivity contribution is 7.87. The first-order valence-electron chi connectivity index (χ1n) is 4.34. The van der Waals surface area contributed by atoms with Gasteiger partial charge in [0.25, 0.3) is 10.1 Å². The van der Waals surface area contributed by atoms with Gasteiger partial charge in [-0.05, 0) is 6.92 Å². The second-order valence-corrected chi connectivity index (χ2v) is 5.63. The van der Waals surface area contributed by atoms with Gasteiger partial charge in [-0.25, -0.2) is 0 Å². The van der Waals surface area contributed by atoms with Crippen molar-refractivity contribution in [1.82, 2.24) is 0 Å². The largest absolute Gasteiger partial charge is 0.455 e. The Morgan fingerprint density at radius 2 is 2.07 bits per heavy atom. The molecule has 0 spiro atoms. The number of hydrogen-bond donors (Lipinski definition) is 0. The maximum absolute atomic E-state index is 11.2. The topological polar surface area (TPSA) is 69.7 Å². The van der Waals surface area contributed by atoms with Crippen LogP contribution in [-0.2, 0) is 23.8 Å². The molecule has 0 aromatic heterocycles. The molecule has 1 fully saturated rings. The second kappa shape index (κ2) is 3.51. The average molecular weight is 222 g/mol. The van der Waals surface area contributed by atoms with Crippen LogP contribution >= 0.6 is 0 Å². The Morgan fingerprint density at radius 3 is 2.43 bits per heavy atom. The van der Waals surface area contributed by atoms with E-state index >= 15 is 0 Å².